The van der Waals surface area contributed by atoms with E-state index in [-0.39, 0.29) is 11.8 Å². The fraction of sp³-hybridized carbons (Fsp3) is 0.895. The van der Waals surface area contributed by atoms with Crippen LogP contribution in [0, 0.1) is 35.5 Å². The largest absolute Gasteiger partial charge is 0.460 e. The van der Waals surface area contributed by atoms with Gasteiger partial charge in [-0.25, -0.2) is 0 Å². The first-order valence-electron chi connectivity index (χ1n) is 11.3. The molecule has 0 spiro atoms. The molecular formula is C19H14F17NO5S. The Labute approximate surface area is 229 Å². The van der Waals surface area contributed by atoms with Crippen LogP contribution in [0.3, 0.4) is 0 Å². The maximum Gasteiger partial charge on any atom is 0.460 e. The fourth-order valence-electron chi connectivity index (χ4n) is 5.49. The van der Waals surface area contributed by atoms with Gasteiger partial charge in [-0.3, -0.25) is 9.59 Å². The second kappa shape index (κ2) is 9.76. The van der Waals surface area contributed by atoms with Crippen LogP contribution >= 0.6 is 0 Å². The predicted octanol–water partition coefficient (Wildman–Crippen LogP) is 6.00. The highest BCUT2D eigenvalue weighted by atomic mass is 32.2. The highest BCUT2D eigenvalue weighted by Crippen LogP contribution is 2.64. The SMILES string of the molecule is CC1C(C)C2CC1C1C(=O)N(OS(=O)OC(F)(F)C(F)(F)C(F)(F)C(F)(F)C(F)(F)C(F)(F)C(F)(F)C(F)(F)F)C(=O)C21. The molecule has 6 nitrogen and oxygen atoms in total. The molecule has 3 fully saturated rings. The summed E-state index contributed by atoms with van der Waals surface area (Å²) in [5.74, 6) is -58.4. The zero-order valence-corrected chi connectivity index (χ0v) is 21.3. The van der Waals surface area contributed by atoms with Crippen molar-refractivity contribution in [2.45, 2.75) is 68.1 Å². The molecule has 3 rings (SSSR count). The van der Waals surface area contributed by atoms with Gasteiger partial charge in [-0.05, 0) is 30.1 Å². The molecule has 0 N–H and O–H groups in total. The summed E-state index contributed by atoms with van der Waals surface area (Å²) in [5.41, 5.74) is 0. The molecule has 24 heteroatoms. The van der Waals surface area contributed by atoms with Crippen LogP contribution in [-0.4, -0.2) is 68.9 Å². The first-order valence-corrected chi connectivity index (χ1v) is 12.3. The van der Waals surface area contributed by atoms with Gasteiger partial charge in [-0.15, -0.1) is 9.35 Å². The molecule has 1 heterocycles. The topological polar surface area (TPSA) is 72.9 Å². The molecule has 7 unspecified atom stereocenters. The quantitative estimate of drug-likeness (QED) is 0.208. The monoisotopic (exact) mass is 691 g/mol. The van der Waals surface area contributed by atoms with Crippen LogP contribution in [0.4, 0.5) is 74.6 Å². The minimum absolute atomic E-state index is 0.210. The Hall–Kier alpha value is -1.98. The number of alkyl halides is 17. The molecule has 250 valence electrons. The van der Waals surface area contributed by atoms with Crippen LogP contribution in [0.5, 0.6) is 0 Å². The van der Waals surface area contributed by atoms with Gasteiger partial charge in [0.05, 0.1) is 11.8 Å². The molecular weight excluding hydrogens is 677 g/mol. The summed E-state index contributed by atoms with van der Waals surface area (Å²) in [6, 6.07) is 0. The first kappa shape index (κ1) is 35.5. The molecule has 2 amide bonds. The number of hydroxylamine groups is 2. The van der Waals surface area contributed by atoms with Crippen molar-refractivity contribution in [2.75, 3.05) is 0 Å². The number of nitrogens with zero attached hydrogens (tertiary/aromatic N) is 1. The number of imide groups is 1. The Morgan fingerprint density at radius 3 is 1.28 bits per heavy atom. The van der Waals surface area contributed by atoms with E-state index in [1.807, 2.05) is 0 Å². The van der Waals surface area contributed by atoms with E-state index < -0.39 is 99.7 Å². The van der Waals surface area contributed by atoms with Crippen molar-refractivity contribution in [1.82, 2.24) is 5.06 Å². The van der Waals surface area contributed by atoms with E-state index >= 15 is 0 Å². The zero-order chi connectivity index (χ0) is 33.9. The maximum atomic E-state index is 13.9. The fourth-order valence-corrected chi connectivity index (χ4v) is 6.07. The number of rotatable bonds is 10. The van der Waals surface area contributed by atoms with E-state index in [1.165, 1.54) is 0 Å². The molecule has 2 aliphatic carbocycles. The molecule has 1 aliphatic heterocycles. The van der Waals surface area contributed by atoms with E-state index in [9.17, 15) is 88.4 Å². The summed E-state index contributed by atoms with van der Waals surface area (Å²) >= 11 is -4.75. The molecule has 3 aliphatic rings. The molecule has 0 aromatic carbocycles. The summed E-state index contributed by atoms with van der Waals surface area (Å²) in [5, 5.41) is -0.551. The van der Waals surface area contributed by atoms with Gasteiger partial charge in [-0.1, -0.05) is 13.8 Å². The van der Waals surface area contributed by atoms with E-state index in [4.69, 9.17) is 0 Å². The van der Waals surface area contributed by atoms with Crippen molar-refractivity contribution in [3.63, 3.8) is 0 Å². The standard InChI is InChI=1S/C19H14F17NO5S/c1-4-5(2)7-3-6(4)8-9(7)11(39)37(10(8)38)42-43(40)41-19(35,36)17(30,31)15(26,27)13(22,23)12(20,21)14(24,25)16(28,29)18(32,33)34/h4-9H,3H2,1-2H3. The van der Waals surface area contributed by atoms with Crippen molar-refractivity contribution in [3.8, 4) is 0 Å². The van der Waals surface area contributed by atoms with Crippen LogP contribution in [0.15, 0.2) is 0 Å². The van der Waals surface area contributed by atoms with Gasteiger partial charge >= 0.3 is 59.2 Å². The van der Waals surface area contributed by atoms with Crippen LogP contribution < -0.4 is 0 Å². The Kier molecular flexibility index (Phi) is 8.06. The van der Waals surface area contributed by atoms with Gasteiger partial charge in [0.2, 0.25) is 0 Å². The van der Waals surface area contributed by atoms with E-state index in [0.29, 0.717) is 6.42 Å². The second-order valence-electron chi connectivity index (χ2n) is 10.1. The van der Waals surface area contributed by atoms with Crippen LogP contribution in [0.25, 0.3) is 0 Å². The van der Waals surface area contributed by atoms with Crippen LogP contribution in [-0.2, 0) is 29.4 Å². The number of hydrogen-bond acceptors (Lipinski definition) is 5. The van der Waals surface area contributed by atoms with Crippen molar-refractivity contribution in [1.29, 1.82) is 0 Å². The second-order valence-corrected chi connectivity index (χ2v) is 10.9. The molecule has 2 bridgehead atoms. The Morgan fingerprint density at radius 2 is 0.930 bits per heavy atom. The number of hydrogen-bond donors (Lipinski definition) is 0. The minimum atomic E-state index is -8.86. The number of halogens is 17. The van der Waals surface area contributed by atoms with Crippen molar-refractivity contribution in [3.05, 3.63) is 0 Å². The van der Waals surface area contributed by atoms with Crippen molar-refractivity contribution < 1.29 is 96.9 Å². The molecule has 7 atom stereocenters. The highest BCUT2D eigenvalue weighted by molar-refractivity contribution is 7.75. The van der Waals surface area contributed by atoms with Crippen molar-refractivity contribution in [2.24, 2.45) is 35.5 Å². The lowest BCUT2D eigenvalue weighted by molar-refractivity contribution is -0.471. The van der Waals surface area contributed by atoms with Gasteiger partial charge in [0.25, 0.3) is 11.8 Å². The average Bonchev–Trinajstić information content (AvgIpc) is 3.43. The van der Waals surface area contributed by atoms with Gasteiger partial charge in [-0.2, -0.15) is 83.0 Å². The summed E-state index contributed by atoms with van der Waals surface area (Å²) < 4.78 is 244. The summed E-state index contributed by atoms with van der Waals surface area (Å²) in [4.78, 5) is 25.0. The van der Waals surface area contributed by atoms with Crippen molar-refractivity contribution >= 4 is 23.2 Å². The van der Waals surface area contributed by atoms with E-state index in [0.717, 1.165) is 0 Å². The first-order chi connectivity index (χ1) is 18.9. The highest BCUT2D eigenvalue weighted by Gasteiger charge is 2.95. The zero-order valence-electron chi connectivity index (χ0n) is 20.5. The minimum Gasteiger partial charge on any atom is -0.272 e. The third-order valence-corrected chi connectivity index (χ3v) is 8.62. The Balaban J connectivity index is 1.86. The third kappa shape index (κ3) is 4.45. The smallest absolute Gasteiger partial charge is 0.272 e. The van der Waals surface area contributed by atoms with Gasteiger partial charge in [0, 0.05) is 0 Å². The normalized spacial score (nSPS) is 30.3. The third-order valence-electron chi connectivity index (χ3n) is 8.01. The molecule has 1 saturated heterocycles. The number of carbonyl (C=O) groups excluding carboxylic acids is 2. The summed E-state index contributed by atoms with van der Waals surface area (Å²) in [7, 11) is 0. The Morgan fingerprint density at radius 1 is 0.605 bits per heavy atom. The summed E-state index contributed by atoms with van der Waals surface area (Å²) in [6.07, 6.45) is -15.1. The lowest BCUT2D eigenvalue weighted by Crippen LogP contribution is -2.74. The van der Waals surface area contributed by atoms with Crippen LogP contribution in [0.1, 0.15) is 20.3 Å². The predicted molar refractivity (Wildman–Crippen MR) is 99.8 cm³/mol. The van der Waals surface area contributed by atoms with E-state index in [2.05, 4.69) is 8.47 Å². The lowest BCUT2D eigenvalue weighted by Gasteiger charge is -2.42. The van der Waals surface area contributed by atoms with Gasteiger partial charge < -0.3 is 0 Å². The Bertz CT molecular complexity index is 1160. The number of fused-ring (bicyclic) bond motifs is 5. The van der Waals surface area contributed by atoms with E-state index in [1.54, 1.807) is 13.8 Å². The number of amides is 2. The molecule has 2 saturated carbocycles. The lowest BCUT2D eigenvalue weighted by atomic mass is 9.70. The molecule has 0 aromatic rings. The molecule has 43 heavy (non-hydrogen) atoms. The van der Waals surface area contributed by atoms with Gasteiger partial charge in [0.15, 0.2) is 0 Å². The molecule has 0 radical (unpaired) electrons. The maximum absolute atomic E-state index is 13.9. The average molecular weight is 691 g/mol. The van der Waals surface area contributed by atoms with Gasteiger partial charge in [0.1, 0.15) is 0 Å². The number of carbonyl (C=O) groups is 2. The molecule has 0 aromatic heterocycles. The van der Waals surface area contributed by atoms with Crippen LogP contribution in [0.2, 0.25) is 0 Å². The summed E-state index contributed by atoms with van der Waals surface area (Å²) in [6.45, 7) is 3.33.